The number of amides is 3. The first-order valence-corrected chi connectivity index (χ1v) is 8.07. The average Bonchev–Trinajstić information content (AvgIpc) is 3.28. The van der Waals surface area contributed by atoms with E-state index in [0.717, 1.165) is 18.4 Å². The number of imide groups is 1. The maximum Gasteiger partial charge on any atom is 0.321 e. The van der Waals surface area contributed by atoms with E-state index >= 15 is 0 Å². The number of aliphatic hydroxyl groups is 1. The Hall–Kier alpha value is -1.53. The molecule has 1 aromatic rings. The smallest absolute Gasteiger partial charge is 0.321 e. The van der Waals surface area contributed by atoms with Gasteiger partial charge < -0.3 is 10.4 Å². The third-order valence-corrected chi connectivity index (χ3v) is 4.43. The Morgan fingerprint density at radius 1 is 1.33 bits per heavy atom. The normalized spacial score (nSPS) is 16.9. The van der Waals surface area contributed by atoms with Gasteiger partial charge in [0.1, 0.15) is 0 Å². The van der Waals surface area contributed by atoms with Crippen molar-refractivity contribution in [3.63, 3.8) is 0 Å². The molecule has 0 spiro atoms. The summed E-state index contributed by atoms with van der Waals surface area (Å²) in [6.07, 6.45) is 1.34. The number of aliphatic hydroxyl groups excluding tert-OH is 1. The highest BCUT2D eigenvalue weighted by atomic mass is 32.2. The van der Waals surface area contributed by atoms with Crippen molar-refractivity contribution in [2.75, 3.05) is 5.75 Å². The van der Waals surface area contributed by atoms with Crippen molar-refractivity contribution < 1.29 is 14.7 Å². The van der Waals surface area contributed by atoms with Crippen LogP contribution < -0.4 is 10.6 Å². The van der Waals surface area contributed by atoms with Crippen LogP contribution in [0.3, 0.4) is 0 Å². The van der Waals surface area contributed by atoms with Crippen molar-refractivity contribution in [3.8, 4) is 0 Å². The first-order chi connectivity index (χ1) is 10.1. The lowest BCUT2D eigenvalue weighted by Gasteiger charge is -2.15. The number of nitrogens with one attached hydrogen (secondary N) is 2. The lowest BCUT2D eigenvalue weighted by atomic mass is 10.1. The molecule has 0 bridgehead atoms. The van der Waals surface area contributed by atoms with Crippen LogP contribution in [-0.2, 0) is 4.79 Å². The minimum atomic E-state index is -0.619. The minimum absolute atomic E-state index is 0.223. The Kier molecular flexibility index (Phi) is 5.64. The van der Waals surface area contributed by atoms with E-state index in [4.69, 9.17) is 0 Å². The molecule has 2 rings (SSSR count). The number of urea groups is 1. The molecule has 5 nitrogen and oxygen atoms in total. The number of thioether (sulfide) groups is 1. The average molecular weight is 308 g/mol. The van der Waals surface area contributed by atoms with E-state index in [-0.39, 0.29) is 11.9 Å². The van der Waals surface area contributed by atoms with Crippen LogP contribution >= 0.6 is 11.8 Å². The van der Waals surface area contributed by atoms with E-state index in [2.05, 4.69) is 10.6 Å². The highest BCUT2D eigenvalue weighted by Crippen LogP contribution is 2.21. The number of carbonyl (C=O) groups is 2. The van der Waals surface area contributed by atoms with Crippen LogP contribution in [0.15, 0.2) is 30.3 Å². The molecule has 1 aliphatic rings. The molecule has 0 aliphatic heterocycles. The molecule has 3 amide bonds. The summed E-state index contributed by atoms with van der Waals surface area (Å²) in [6, 6.07) is 9.10. The van der Waals surface area contributed by atoms with E-state index in [0.29, 0.717) is 5.75 Å². The Morgan fingerprint density at radius 2 is 2.00 bits per heavy atom. The zero-order valence-electron chi connectivity index (χ0n) is 11.9. The van der Waals surface area contributed by atoms with Gasteiger partial charge in [0.2, 0.25) is 5.91 Å². The Morgan fingerprint density at radius 3 is 2.62 bits per heavy atom. The molecule has 6 heteroatoms. The number of hydrogen-bond donors (Lipinski definition) is 3. The standard InChI is InChI=1S/C15H20N2O3S/c1-10(14(19)17-15(20)16-12-7-8-12)21-9-13(18)11-5-3-2-4-6-11/h2-6,10,12-13,18H,7-9H2,1H3,(H2,16,17,19,20). The molecule has 1 aromatic carbocycles. The summed E-state index contributed by atoms with van der Waals surface area (Å²) in [5, 5.41) is 14.7. The summed E-state index contributed by atoms with van der Waals surface area (Å²) in [7, 11) is 0. The zero-order valence-corrected chi connectivity index (χ0v) is 12.7. The molecule has 1 aliphatic carbocycles. The van der Waals surface area contributed by atoms with E-state index in [1.807, 2.05) is 30.3 Å². The molecule has 1 saturated carbocycles. The topological polar surface area (TPSA) is 78.4 Å². The van der Waals surface area contributed by atoms with Gasteiger partial charge in [0.25, 0.3) is 0 Å². The molecule has 3 N–H and O–H groups in total. The largest absolute Gasteiger partial charge is 0.388 e. The van der Waals surface area contributed by atoms with E-state index in [1.165, 1.54) is 11.8 Å². The summed E-state index contributed by atoms with van der Waals surface area (Å²) in [5.74, 6) is 0.0708. The fraction of sp³-hybridized carbons (Fsp3) is 0.467. The van der Waals surface area contributed by atoms with Crippen LogP contribution in [0.25, 0.3) is 0 Å². The monoisotopic (exact) mass is 308 g/mol. The highest BCUT2D eigenvalue weighted by molar-refractivity contribution is 8.00. The second kappa shape index (κ2) is 7.47. The van der Waals surface area contributed by atoms with Crippen LogP contribution in [0.2, 0.25) is 0 Å². The maximum absolute atomic E-state index is 11.8. The lowest BCUT2D eigenvalue weighted by molar-refractivity contribution is -0.119. The number of rotatable bonds is 6. The van der Waals surface area contributed by atoms with E-state index in [9.17, 15) is 14.7 Å². The minimum Gasteiger partial charge on any atom is -0.388 e. The number of carbonyl (C=O) groups excluding carboxylic acids is 2. The van der Waals surface area contributed by atoms with Crippen molar-refractivity contribution in [1.29, 1.82) is 0 Å². The van der Waals surface area contributed by atoms with Gasteiger partial charge in [0.15, 0.2) is 0 Å². The molecule has 0 saturated heterocycles. The molecule has 0 radical (unpaired) electrons. The van der Waals surface area contributed by atoms with Crippen LogP contribution in [0, 0.1) is 0 Å². The highest BCUT2D eigenvalue weighted by Gasteiger charge is 2.25. The van der Waals surface area contributed by atoms with Gasteiger partial charge in [0, 0.05) is 11.8 Å². The first-order valence-electron chi connectivity index (χ1n) is 7.02. The van der Waals surface area contributed by atoms with Crippen LogP contribution in [-0.4, -0.2) is 34.1 Å². The predicted octanol–water partition coefficient (Wildman–Crippen LogP) is 1.83. The predicted molar refractivity (Wildman–Crippen MR) is 83.0 cm³/mol. The van der Waals surface area contributed by atoms with E-state index in [1.54, 1.807) is 6.92 Å². The zero-order chi connectivity index (χ0) is 15.2. The maximum atomic E-state index is 11.8. The van der Waals surface area contributed by atoms with Crippen molar-refractivity contribution in [3.05, 3.63) is 35.9 Å². The second-order valence-corrected chi connectivity index (χ2v) is 6.51. The molecule has 0 heterocycles. The molecule has 2 atom stereocenters. The molecule has 114 valence electrons. The fourth-order valence-corrected chi connectivity index (χ4v) is 2.62. The van der Waals surface area contributed by atoms with Gasteiger partial charge in [-0.2, -0.15) is 0 Å². The Balaban J connectivity index is 1.71. The third-order valence-electron chi connectivity index (χ3n) is 3.21. The Labute approximate surface area is 128 Å². The lowest BCUT2D eigenvalue weighted by Crippen LogP contribution is -2.43. The SMILES string of the molecule is CC(SCC(O)c1ccccc1)C(=O)NC(=O)NC1CC1. The number of benzene rings is 1. The first kappa shape index (κ1) is 15.9. The molecular weight excluding hydrogens is 288 g/mol. The van der Waals surface area contributed by atoms with Crippen LogP contribution in [0.5, 0.6) is 0 Å². The summed E-state index contributed by atoms with van der Waals surface area (Å²) in [5.41, 5.74) is 0.823. The van der Waals surface area contributed by atoms with Gasteiger partial charge in [0.05, 0.1) is 11.4 Å². The third kappa shape index (κ3) is 5.40. The molecule has 0 aromatic heterocycles. The molecular formula is C15H20N2O3S. The number of hydrogen-bond acceptors (Lipinski definition) is 4. The summed E-state index contributed by atoms with van der Waals surface area (Å²) in [6.45, 7) is 1.72. The summed E-state index contributed by atoms with van der Waals surface area (Å²) in [4.78, 5) is 23.3. The van der Waals surface area contributed by atoms with Crippen molar-refractivity contribution >= 4 is 23.7 Å². The summed E-state index contributed by atoms with van der Waals surface area (Å²) >= 11 is 1.32. The Bertz CT molecular complexity index is 491. The van der Waals surface area contributed by atoms with Crippen molar-refractivity contribution in [2.45, 2.75) is 37.2 Å². The second-order valence-electron chi connectivity index (χ2n) is 5.14. The molecule has 2 unspecified atom stereocenters. The quantitative estimate of drug-likeness (QED) is 0.749. The fourth-order valence-electron chi connectivity index (χ4n) is 1.75. The van der Waals surface area contributed by atoms with Gasteiger partial charge in [-0.25, -0.2) is 4.79 Å². The van der Waals surface area contributed by atoms with Crippen molar-refractivity contribution in [1.82, 2.24) is 10.6 Å². The van der Waals surface area contributed by atoms with Gasteiger partial charge >= 0.3 is 6.03 Å². The van der Waals surface area contributed by atoms with Gasteiger partial charge in [-0.1, -0.05) is 30.3 Å². The van der Waals surface area contributed by atoms with Crippen LogP contribution in [0.1, 0.15) is 31.4 Å². The van der Waals surface area contributed by atoms with Crippen LogP contribution in [0.4, 0.5) is 4.79 Å². The summed E-state index contributed by atoms with van der Waals surface area (Å²) < 4.78 is 0. The van der Waals surface area contributed by atoms with E-state index < -0.39 is 17.4 Å². The molecule has 21 heavy (non-hydrogen) atoms. The van der Waals surface area contributed by atoms with Gasteiger partial charge in [-0.15, -0.1) is 11.8 Å². The van der Waals surface area contributed by atoms with Gasteiger partial charge in [-0.05, 0) is 25.3 Å². The molecule has 1 fully saturated rings. The van der Waals surface area contributed by atoms with Gasteiger partial charge in [-0.3, -0.25) is 10.1 Å². The van der Waals surface area contributed by atoms with Crippen molar-refractivity contribution in [2.24, 2.45) is 0 Å².